The fourth-order valence-electron chi connectivity index (χ4n) is 2.89. The van der Waals surface area contributed by atoms with Crippen molar-refractivity contribution in [3.63, 3.8) is 0 Å². The maximum absolute atomic E-state index is 12.9. The van der Waals surface area contributed by atoms with Gasteiger partial charge in [0.25, 0.3) is 15.9 Å². The predicted octanol–water partition coefficient (Wildman–Crippen LogP) is 2.10. The van der Waals surface area contributed by atoms with E-state index >= 15 is 0 Å². The molecule has 0 saturated heterocycles. The van der Waals surface area contributed by atoms with Crippen molar-refractivity contribution in [1.82, 2.24) is 9.03 Å². The Balaban J connectivity index is 2.28. The van der Waals surface area contributed by atoms with Gasteiger partial charge in [-0.15, -0.1) is 0 Å². The Hall–Kier alpha value is -2.76. The van der Waals surface area contributed by atoms with Crippen LogP contribution in [0.4, 0.5) is 5.69 Å². The van der Waals surface area contributed by atoms with Crippen LogP contribution in [-0.2, 0) is 24.8 Å². The van der Waals surface area contributed by atoms with Gasteiger partial charge in [-0.2, -0.15) is 4.31 Å². The van der Waals surface area contributed by atoms with Crippen molar-refractivity contribution < 1.29 is 26.4 Å². The van der Waals surface area contributed by atoms with E-state index in [4.69, 9.17) is 0 Å². The highest BCUT2D eigenvalue weighted by Crippen LogP contribution is 2.22. The Morgan fingerprint density at radius 3 is 2.03 bits per heavy atom. The molecule has 2 rings (SSSR count). The fraction of sp³-hybridized carbons (Fsp3) is 0.300. The van der Waals surface area contributed by atoms with E-state index in [1.165, 1.54) is 40.7 Å². The minimum absolute atomic E-state index is 0.0561. The van der Waals surface area contributed by atoms with E-state index in [1.807, 2.05) is 4.72 Å². The Labute approximate surface area is 182 Å². The zero-order chi connectivity index (χ0) is 23.4. The van der Waals surface area contributed by atoms with Gasteiger partial charge in [0.1, 0.15) is 0 Å². The summed E-state index contributed by atoms with van der Waals surface area (Å²) in [6.07, 6.45) is 0. The second-order valence-corrected chi connectivity index (χ2v) is 10.3. The van der Waals surface area contributed by atoms with E-state index in [2.05, 4.69) is 5.32 Å². The number of hydrogen-bond acceptors (Lipinski definition) is 6. The lowest BCUT2D eigenvalue weighted by Crippen LogP contribution is -2.31. The van der Waals surface area contributed by atoms with Gasteiger partial charge in [0, 0.05) is 31.3 Å². The molecule has 0 unspecified atom stereocenters. The lowest BCUT2D eigenvalue weighted by molar-refractivity contribution is -0.117. The Morgan fingerprint density at radius 1 is 0.935 bits per heavy atom. The lowest BCUT2D eigenvalue weighted by Gasteiger charge is -2.20. The van der Waals surface area contributed by atoms with Gasteiger partial charge in [-0.25, -0.2) is 21.6 Å². The van der Waals surface area contributed by atoms with Crippen LogP contribution in [0.3, 0.4) is 0 Å². The molecular formula is C20H25N3O6S2. The van der Waals surface area contributed by atoms with Gasteiger partial charge in [-0.3, -0.25) is 9.59 Å². The average Bonchev–Trinajstić information content (AvgIpc) is 2.68. The molecule has 2 N–H and O–H groups in total. The number of benzene rings is 2. The SMILES string of the molecule is CCN(CC)S(=O)(=O)c1cc(C(=O)Nc2ccc(S(=O)(=O)NC(C)=O)cc2)ccc1C. The van der Waals surface area contributed by atoms with Crippen molar-refractivity contribution in [2.75, 3.05) is 18.4 Å². The fourth-order valence-corrected chi connectivity index (χ4v) is 5.59. The molecule has 9 nitrogen and oxygen atoms in total. The highest BCUT2D eigenvalue weighted by molar-refractivity contribution is 7.90. The summed E-state index contributed by atoms with van der Waals surface area (Å²) in [5.74, 6) is -1.26. The third kappa shape index (κ3) is 5.69. The first kappa shape index (κ1) is 24.5. The average molecular weight is 468 g/mol. The molecule has 0 aliphatic carbocycles. The first-order valence-corrected chi connectivity index (χ1v) is 12.4. The van der Waals surface area contributed by atoms with E-state index in [-0.39, 0.29) is 15.4 Å². The Kier molecular flexibility index (Phi) is 7.58. The molecular weight excluding hydrogens is 442 g/mol. The maximum Gasteiger partial charge on any atom is 0.264 e. The van der Waals surface area contributed by atoms with E-state index in [0.717, 1.165) is 6.92 Å². The third-order valence-electron chi connectivity index (χ3n) is 4.47. The molecule has 0 saturated carbocycles. The highest BCUT2D eigenvalue weighted by Gasteiger charge is 2.25. The maximum atomic E-state index is 12.9. The Bertz CT molecular complexity index is 1190. The topological polar surface area (TPSA) is 130 Å². The largest absolute Gasteiger partial charge is 0.322 e. The van der Waals surface area contributed by atoms with Crippen LogP contribution in [0.25, 0.3) is 0 Å². The van der Waals surface area contributed by atoms with Crippen molar-refractivity contribution in [2.45, 2.75) is 37.5 Å². The summed E-state index contributed by atoms with van der Waals surface area (Å²) in [5, 5.41) is 2.60. The van der Waals surface area contributed by atoms with Crippen molar-refractivity contribution in [2.24, 2.45) is 0 Å². The summed E-state index contributed by atoms with van der Waals surface area (Å²) < 4.78 is 52.9. The molecule has 2 amide bonds. The minimum Gasteiger partial charge on any atom is -0.322 e. The van der Waals surface area contributed by atoms with Crippen LogP contribution < -0.4 is 10.0 Å². The van der Waals surface area contributed by atoms with Crippen molar-refractivity contribution >= 4 is 37.5 Å². The van der Waals surface area contributed by atoms with Gasteiger partial charge in [0.2, 0.25) is 15.9 Å². The molecule has 0 aromatic heterocycles. The van der Waals surface area contributed by atoms with E-state index in [0.29, 0.717) is 24.3 Å². The number of nitrogens with one attached hydrogen (secondary N) is 2. The van der Waals surface area contributed by atoms with Crippen LogP contribution in [0.15, 0.2) is 52.3 Å². The predicted molar refractivity (Wildman–Crippen MR) is 117 cm³/mol. The van der Waals surface area contributed by atoms with Gasteiger partial charge in [-0.05, 0) is 48.9 Å². The molecule has 2 aromatic carbocycles. The molecule has 168 valence electrons. The molecule has 0 bridgehead atoms. The standard InChI is InChI=1S/C20H25N3O6S2/c1-5-23(6-2)31(28,29)19-13-16(8-7-14(19)3)20(25)21-17-9-11-18(12-10-17)30(26,27)22-15(4)24/h7-13H,5-6H2,1-4H3,(H,21,25)(H,22,24). The van der Waals surface area contributed by atoms with Gasteiger partial charge in [-0.1, -0.05) is 19.9 Å². The molecule has 0 radical (unpaired) electrons. The van der Waals surface area contributed by atoms with Gasteiger partial charge < -0.3 is 5.32 Å². The first-order valence-electron chi connectivity index (χ1n) is 9.48. The number of hydrogen-bond donors (Lipinski definition) is 2. The third-order valence-corrected chi connectivity index (χ3v) is 8.11. The summed E-state index contributed by atoms with van der Waals surface area (Å²) in [5.41, 5.74) is 0.975. The number of nitrogens with zero attached hydrogens (tertiary/aromatic N) is 1. The number of amides is 2. The summed E-state index contributed by atoms with van der Waals surface area (Å²) in [6.45, 7) is 6.84. The molecule has 31 heavy (non-hydrogen) atoms. The quantitative estimate of drug-likeness (QED) is 0.612. The van der Waals surface area contributed by atoms with Crippen LogP contribution in [0.2, 0.25) is 0 Å². The summed E-state index contributed by atoms with van der Waals surface area (Å²) in [6, 6.07) is 9.63. The van der Waals surface area contributed by atoms with Crippen molar-refractivity contribution in [1.29, 1.82) is 0 Å². The zero-order valence-corrected chi connectivity index (χ0v) is 19.3. The van der Waals surface area contributed by atoms with Gasteiger partial charge >= 0.3 is 0 Å². The first-order chi connectivity index (χ1) is 14.4. The number of carbonyl (C=O) groups excluding carboxylic acids is 2. The second kappa shape index (κ2) is 9.58. The monoisotopic (exact) mass is 467 g/mol. The number of anilines is 1. The second-order valence-electron chi connectivity index (χ2n) is 6.71. The van der Waals surface area contributed by atoms with Crippen LogP contribution in [0, 0.1) is 6.92 Å². The smallest absolute Gasteiger partial charge is 0.264 e. The molecule has 0 atom stereocenters. The van der Waals surface area contributed by atoms with Gasteiger partial charge in [0.05, 0.1) is 9.79 Å². The molecule has 0 aliphatic rings. The van der Waals surface area contributed by atoms with E-state index in [1.54, 1.807) is 26.8 Å². The van der Waals surface area contributed by atoms with E-state index < -0.39 is 31.9 Å². The van der Waals surface area contributed by atoms with Crippen LogP contribution in [-0.4, -0.2) is 46.0 Å². The van der Waals surface area contributed by atoms with Crippen molar-refractivity contribution in [3.8, 4) is 0 Å². The zero-order valence-electron chi connectivity index (χ0n) is 17.7. The van der Waals surface area contributed by atoms with Crippen LogP contribution in [0.1, 0.15) is 36.7 Å². The molecule has 0 spiro atoms. The molecule has 2 aromatic rings. The summed E-state index contributed by atoms with van der Waals surface area (Å²) in [4.78, 5) is 23.6. The summed E-state index contributed by atoms with van der Waals surface area (Å²) in [7, 11) is -7.72. The highest BCUT2D eigenvalue weighted by atomic mass is 32.2. The summed E-state index contributed by atoms with van der Waals surface area (Å²) >= 11 is 0. The Morgan fingerprint density at radius 2 is 1.52 bits per heavy atom. The van der Waals surface area contributed by atoms with Gasteiger partial charge in [0.15, 0.2) is 0 Å². The number of carbonyl (C=O) groups is 2. The minimum atomic E-state index is -3.98. The number of rotatable bonds is 8. The normalized spacial score (nSPS) is 11.9. The lowest BCUT2D eigenvalue weighted by atomic mass is 10.1. The van der Waals surface area contributed by atoms with Crippen LogP contribution >= 0.6 is 0 Å². The van der Waals surface area contributed by atoms with E-state index in [9.17, 15) is 26.4 Å². The molecule has 0 fully saturated rings. The number of sulfonamides is 2. The molecule has 0 heterocycles. The molecule has 11 heteroatoms. The molecule has 0 aliphatic heterocycles. The number of aryl methyl sites for hydroxylation is 1. The van der Waals surface area contributed by atoms with Crippen molar-refractivity contribution in [3.05, 3.63) is 53.6 Å². The van der Waals surface area contributed by atoms with Crippen LogP contribution in [0.5, 0.6) is 0 Å².